The molecule has 0 aromatic heterocycles. The summed E-state index contributed by atoms with van der Waals surface area (Å²) in [5.41, 5.74) is 6.83. The van der Waals surface area contributed by atoms with Crippen LogP contribution in [0.15, 0.2) is 116 Å². The van der Waals surface area contributed by atoms with Crippen LogP contribution in [0.2, 0.25) is 0 Å². The molecule has 0 saturated carbocycles. The van der Waals surface area contributed by atoms with E-state index in [4.69, 9.17) is 0 Å². The van der Waals surface area contributed by atoms with Gasteiger partial charge in [-0.1, -0.05) is 85.0 Å². The monoisotopic (exact) mass is 462 g/mol. The van der Waals surface area contributed by atoms with E-state index in [0.29, 0.717) is 0 Å². The SMILES string of the molecule is C=CCC/C=C/c1ccc(/C=C/C)cc1Nc1cccc(NC(C=C)C/C=C/C2=CCCC=C2)c1. The van der Waals surface area contributed by atoms with Crippen LogP contribution in [0, 0.1) is 0 Å². The van der Waals surface area contributed by atoms with Crippen molar-refractivity contribution in [3.8, 4) is 0 Å². The lowest BCUT2D eigenvalue weighted by Crippen LogP contribution is -2.15. The van der Waals surface area contributed by atoms with E-state index in [1.54, 1.807) is 0 Å². The van der Waals surface area contributed by atoms with Crippen LogP contribution in [-0.2, 0) is 0 Å². The normalized spacial score (nSPS) is 14.4. The van der Waals surface area contributed by atoms with Gasteiger partial charge in [0.05, 0.1) is 0 Å². The molecule has 0 fully saturated rings. The molecule has 35 heavy (non-hydrogen) atoms. The second-order valence-corrected chi connectivity index (χ2v) is 8.63. The Labute approximate surface area is 211 Å². The van der Waals surface area contributed by atoms with Gasteiger partial charge in [0.2, 0.25) is 0 Å². The fourth-order valence-corrected chi connectivity index (χ4v) is 3.93. The zero-order chi connectivity index (χ0) is 24.7. The maximum atomic E-state index is 4.03. The third-order valence-corrected chi connectivity index (χ3v) is 5.77. The van der Waals surface area contributed by atoms with Gasteiger partial charge >= 0.3 is 0 Å². The Morgan fingerprint density at radius 1 is 0.943 bits per heavy atom. The zero-order valence-electron chi connectivity index (χ0n) is 20.9. The number of unbranched alkanes of at least 4 members (excludes halogenated alkanes) is 1. The van der Waals surface area contributed by atoms with Crippen LogP contribution in [0.5, 0.6) is 0 Å². The molecule has 0 aliphatic heterocycles. The second kappa shape index (κ2) is 14.5. The summed E-state index contributed by atoms with van der Waals surface area (Å²) < 4.78 is 0. The van der Waals surface area contributed by atoms with Crippen LogP contribution in [0.1, 0.15) is 50.2 Å². The fourth-order valence-electron chi connectivity index (χ4n) is 3.93. The number of benzene rings is 2. The van der Waals surface area contributed by atoms with E-state index in [0.717, 1.165) is 49.2 Å². The zero-order valence-corrected chi connectivity index (χ0v) is 20.9. The molecule has 2 aromatic carbocycles. The number of nitrogens with one attached hydrogen (secondary N) is 2. The van der Waals surface area contributed by atoms with Crippen molar-refractivity contribution in [2.75, 3.05) is 10.6 Å². The molecular weight excluding hydrogens is 424 g/mol. The molecule has 1 unspecified atom stereocenters. The molecule has 2 heteroatoms. The lowest BCUT2D eigenvalue weighted by molar-refractivity contribution is 0.895. The maximum absolute atomic E-state index is 4.03. The van der Waals surface area contributed by atoms with Crippen LogP contribution in [-0.4, -0.2) is 6.04 Å². The van der Waals surface area contributed by atoms with Crippen molar-refractivity contribution in [2.45, 2.75) is 45.1 Å². The lowest BCUT2D eigenvalue weighted by Gasteiger charge is -2.17. The van der Waals surface area contributed by atoms with Crippen LogP contribution in [0.3, 0.4) is 0 Å². The third kappa shape index (κ3) is 8.83. The van der Waals surface area contributed by atoms with E-state index in [-0.39, 0.29) is 6.04 Å². The van der Waals surface area contributed by atoms with Crippen molar-refractivity contribution < 1.29 is 0 Å². The Hall–Kier alpha value is -3.78. The van der Waals surface area contributed by atoms with Crippen LogP contribution >= 0.6 is 0 Å². The van der Waals surface area contributed by atoms with Gasteiger partial charge in [0, 0.05) is 23.1 Å². The molecule has 0 heterocycles. The maximum Gasteiger partial charge on any atom is 0.0476 e. The van der Waals surface area contributed by atoms with Gasteiger partial charge in [0.15, 0.2) is 0 Å². The van der Waals surface area contributed by atoms with Gasteiger partial charge in [0.1, 0.15) is 0 Å². The minimum absolute atomic E-state index is 0.163. The molecule has 2 N–H and O–H groups in total. The molecule has 0 bridgehead atoms. The highest BCUT2D eigenvalue weighted by Crippen LogP contribution is 2.27. The molecule has 2 aromatic rings. The van der Waals surface area contributed by atoms with Gasteiger partial charge < -0.3 is 10.6 Å². The van der Waals surface area contributed by atoms with Gasteiger partial charge in [-0.3, -0.25) is 0 Å². The standard InChI is InChI=1S/C33H38N2/c1-4-7-8-12-19-29-24-23-28(15-5-2)25-33(29)35-32-22-14-21-31(26-32)34-30(6-3)20-13-18-27-16-10-9-11-17-27/h4-6,10,12-19,21-26,30,34-35H,1,3,7-9,11,20H2,2H3/b15-5+,18-13+,19-12+. The van der Waals surface area contributed by atoms with Crippen molar-refractivity contribution >= 4 is 29.2 Å². The summed E-state index contributed by atoms with van der Waals surface area (Å²) in [6.07, 6.45) is 28.8. The van der Waals surface area contributed by atoms with Crippen molar-refractivity contribution in [1.82, 2.24) is 0 Å². The van der Waals surface area contributed by atoms with E-state index in [2.05, 4.69) is 121 Å². The predicted molar refractivity (Wildman–Crippen MR) is 157 cm³/mol. The minimum Gasteiger partial charge on any atom is -0.378 e. The van der Waals surface area contributed by atoms with E-state index < -0.39 is 0 Å². The van der Waals surface area contributed by atoms with E-state index in [9.17, 15) is 0 Å². The average molecular weight is 463 g/mol. The summed E-state index contributed by atoms with van der Waals surface area (Å²) in [7, 11) is 0. The Morgan fingerprint density at radius 3 is 2.60 bits per heavy atom. The van der Waals surface area contributed by atoms with Gasteiger partial charge in [0.25, 0.3) is 0 Å². The van der Waals surface area contributed by atoms with E-state index >= 15 is 0 Å². The first-order valence-electron chi connectivity index (χ1n) is 12.6. The lowest BCUT2D eigenvalue weighted by atomic mass is 10.1. The summed E-state index contributed by atoms with van der Waals surface area (Å²) in [5, 5.41) is 7.24. The number of allylic oxidation sites excluding steroid dienone is 8. The summed E-state index contributed by atoms with van der Waals surface area (Å²) in [6.45, 7) is 9.88. The largest absolute Gasteiger partial charge is 0.378 e. The molecule has 180 valence electrons. The van der Waals surface area contributed by atoms with E-state index in [1.165, 1.54) is 16.7 Å². The van der Waals surface area contributed by atoms with Gasteiger partial charge in [-0.25, -0.2) is 0 Å². The molecule has 1 aliphatic rings. The Balaban J connectivity index is 1.71. The van der Waals surface area contributed by atoms with Crippen molar-refractivity contribution in [3.63, 3.8) is 0 Å². The first kappa shape index (κ1) is 25.8. The number of rotatable bonds is 13. The highest BCUT2D eigenvalue weighted by molar-refractivity contribution is 5.76. The van der Waals surface area contributed by atoms with Crippen LogP contribution in [0.4, 0.5) is 17.1 Å². The van der Waals surface area contributed by atoms with Crippen molar-refractivity contribution in [1.29, 1.82) is 0 Å². The Kier molecular flexibility index (Phi) is 10.7. The number of hydrogen-bond acceptors (Lipinski definition) is 2. The van der Waals surface area contributed by atoms with E-state index in [1.807, 2.05) is 19.1 Å². The quantitative estimate of drug-likeness (QED) is 0.229. The highest BCUT2D eigenvalue weighted by Gasteiger charge is 2.06. The smallest absolute Gasteiger partial charge is 0.0476 e. The number of hydrogen-bond donors (Lipinski definition) is 2. The molecule has 1 aliphatic carbocycles. The minimum atomic E-state index is 0.163. The summed E-state index contributed by atoms with van der Waals surface area (Å²) >= 11 is 0. The number of anilines is 3. The Bertz CT molecular complexity index is 1130. The predicted octanol–water partition coefficient (Wildman–Crippen LogP) is 9.63. The molecule has 0 saturated heterocycles. The summed E-state index contributed by atoms with van der Waals surface area (Å²) in [6, 6.07) is 15.1. The molecular formula is C33H38N2. The summed E-state index contributed by atoms with van der Waals surface area (Å²) in [4.78, 5) is 0. The van der Waals surface area contributed by atoms with Crippen molar-refractivity contribution in [2.24, 2.45) is 0 Å². The molecule has 0 radical (unpaired) electrons. The molecule has 0 amide bonds. The third-order valence-electron chi connectivity index (χ3n) is 5.77. The van der Waals surface area contributed by atoms with Gasteiger partial charge in [-0.15, -0.1) is 13.2 Å². The molecule has 3 rings (SSSR count). The average Bonchev–Trinajstić information content (AvgIpc) is 2.88. The Morgan fingerprint density at radius 2 is 1.83 bits per heavy atom. The van der Waals surface area contributed by atoms with Crippen molar-refractivity contribution in [3.05, 3.63) is 127 Å². The summed E-state index contributed by atoms with van der Waals surface area (Å²) in [5.74, 6) is 0. The molecule has 0 spiro atoms. The first-order chi connectivity index (χ1) is 17.2. The molecule has 1 atom stereocenters. The molecule has 2 nitrogen and oxygen atoms in total. The fraction of sp³-hybridized carbons (Fsp3) is 0.212. The van der Waals surface area contributed by atoms with Gasteiger partial charge in [-0.05, 0) is 80.0 Å². The highest BCUT2D eigenvalue weighted by atomic mass is 14.9. The first-order valence-corrected chi connectivity index (χ1v) is 12.6. The van der Waals surface area contributed by atoms with Crippen LogP contribution < -0.4 is 10.6 Å². The van der Waals surface area contributed by atoms with Gasteiger partial charge in [-0.2, -0.15) is 0 Å². The van der Waals surface area contributed by atoms with Crippen LogP contribution in [0.25, 0.3) is 12.2 Å². The topological polar surface area (TPSA) is 24.1 Å². The second-order valence-electron chi connectivity index (χ2n) is 8.63.